The van der Waals surface area contributed by atoms with Crippen LogP contribution in [-0.4, -0.2) is 0 Å². The van der Waals surface area contributed by atoms with E-state index in [0.29, 0.717) is 43.3 Å². The van der Waals surface area contributed by atoms with E-state index >= 15 is 52.7 Å². The van der Waals surface area contributed by atoms with Crippen LogP contribution in [0.3, 0.4) is 0 Å². The van der Waals surface area contributed by atoms with Crippen molar-refractivity contribution >= 4 is 32.3 Å². The van der Waals surface area contributed by atoms with Gasteiger partial charge in [-0.1, -0.05) is 24.3 Å². The Morgan fingerprint density at radius 3 is 0.746 bits per heavy atom. The maximum absolute atomic E-state index is 16.0. The minimum absolute atomic E-state index is 0.127. The van der Waals surface area contributed by atoms with Gasteiger partial charge in [-0.25, -0.2) is 70.2 Å². The normalized spacial score (nSPS) is 12.6. The van der Waals surface area contributed by atoms with E-state index in [0.717, 1.165) is 0 Å². The van der Waals surface area contributed by atoms with E-state index in [1.165, 1.54) is 0 Å². The van der Waals surface area contributed by atoms with Crippen LogP contribution in [0.5, 0.6) is 0 Å². The maximum Gasteiger partial charge on any atom is 0.422 e. The summed E-state index contributed by atoms with van der Waals surface area (Å²) in [6.07, 6.45) is -18.5. The number of fused-ring (bicyclic) bond motifs is 5. The van der Waals surface area contributed by atoms with Crippen molar-refractivity contribution < 1.29 is 110 Å². The molecule has 71 heavy (non-hydrogen) atoms. The van der Waals surface area contributed by atoms with Crippen LogP contribution in [0.25, 0.3) is 76.8 Å². The summed E-state index contributed by atoms with van der Waals surface area (Å²) in [4.78, 5) is 0. The van der Waals surface area contributed by atoms with Gasteiger partial charge in [-0.15, -0.1) is 0 Å². The molecule has 8 aromatic rings. The van der Waals surface area contributed by atoms with E-state index in [-0.39, 0.29) is 12.1 Å². The van der Waals surface area contributed by atoms with E-state index in [1.807, 2.05) is 0 Å². The van der Waals surface area contributed by atoms with Crippen molar-refractivity contribution in [2.24, 2.45) is 0 Å². The largest absolute Gasteiger partial charge is 0.422 e. The van der Waals surface area contributed by atoms with E-state index < -0.39 is 211 Å². The van der Waals surface area contributed by atoms with Crippen LogP contribution in [0.15, 0.2) is 48.5 Å². The van der Waals surface area contributed by atoms with Gasteiger partial charge in [-0.05, 0) is 85.8 Å². The summed E-state index contributed by atoms with van der Waals surface area (Å²) >= 11 is 0. The highest BCUT2D eigenvalue weighted by Crippen LogP contribution is 2.50. The van der Waals surface area contributed by atoms with Crippen molar-refractivity contribution in [2.45, 2.75) is 25.5 Å². The van der Waals surface area contributed by atoms with Crippen LogP contribution in [-0.2, 0) is 18.5 Å². The highest BCUT2D eigenvalue weighted by atomic mass is 19.4. The molecule has 0 nitrogen and oxygen atoms in total. The van der Waals surface area contributed by atoms with Gasteiger partial charge in [0, 0.05) is 5.56 Å². The van der Waals surface area contributed by atoms with Gasteiger partial charge >= 0.3 is 18.5 Å². The molecule has 0 atom stereocenters. The average molecular weight is 1040 g/mol. The zero-order valence-corrected chi connectivity index (χ0v) is 33.6. The third-order valence-electron chi connectivity index (χ3n) is 11.3. The molecule has 8 aromatic carbocycles. The van der Waals surface area contributed by atoms with Crippen molar-refractivity contribution in [3.8, 4) is 44.5 Å². The first kappa shape index (κ1) is 50.2. The zero-order chi connectivity index (χ0) is 52.8. The SMILES string of the molecule is Cc1c(F)c(F)c(-c2ccc3c(c2)c(-c2c(F)c(F)c(C(F)(F)F)c(F)c2F)cc2c4ccc(-c5c(F)c(F)c(C(F)(F)F)c(F)c5F)cc4c(-c4c(F)c(F)c(C(F)(F)F)c(F)c4F)cc32)c(F)c1F. The number of hydrogen-bond donors (Lipinski definition) is 0. The summed E-state index contributed by atoms with van der Waals surface area (Å²) in [5.74, 6) is -44.8. The molecule has 0 amide bonds. The Kier molecular flexibility index (Phi) is 11.6. The first-order valence-electron chi connectivity index (χ1n) is 18.9. The summed E-state index contributed by atoms with van der Waals surface area (Å²) in [6.45, 7) is 0.558. The summed E-state index contributed by atoms with van der Waals surface area (Å²) in [5, 5.41) is -5.83. The van der Waals surface area contributed by atoms with Gasteiger partial charge < -0.3 is 0 Å². The molecule has 0 radical (unpaired) electrons. The Morgan fingerprint density at radius 2 is 0.493 bits per heavy atom. The predicted molar refractivity (Wildman–Crippen MR) is 200 cm³/mol. The van der Waals surface area contributed by atoms with Gasteiger partial charge in [0.2, 0.25) is 0 Å². The van der Waals surface area contributed by atoms with Crippen LogP contribution in [0.1, 0.15) is 22.3 Å². The topological polar surface area (TPSA) is 0 Å². The highest BCUT2D eigenvalue weighted by molar-refractivity contribution is 6.24. The first-order chi connectivity index (χ1) is 32.7. The third kappa shape index (κ3) is 7.42. The molecular weight excluding hydrogens is 1030 g/mol. The van der Waals surface area contributed by atoms with Crippen LogP contribution in [0.4, 0.5) is 110 Å². The molecule has 0 aliphatic heterocycles. The number of hydrogen-bond acceptors (Lipinski definition) is 0. The molecule has 0 bridgehead atoms. The van der Waals surface area contributed by atoms with Crippen molar-refractivity contribution in [3.63, 3.8) is 0 Å². The second kappa shape index (κ2) is 16.4. The van der Waals surface area contributed by atoms with Gasteiger partial charge in [0.05, 0.1) is 22.3 Å². The van der Waals surface area contributed by atoms with Gasteiger partial charge in [-0.3, -0.25) is 0 Å². The molecule has 0 heterocycles. The predicted octanol–water partition coefficient (Wildman–Crippen LogP) is 17.4. The minimum Gasteiger partial charge on any atom is -0.203 e. The Bertz CT molecular complexity index is 3560. The summed E-state index contributed by atoms with van der Waals surface area (Å²) in [6, 6.07) is 2.77. The van der Waals surface area contributed by atoms with E-state index in [4.69, 9.17) is 0 Å². The zero-order valence-electron chi connectivity index (χ0n) is 33.6. The third-order valence-corrected chi connectivity index (χ3v) is 11.3. The maximum atomic E-state index is 16.0. The smallest absolute Gasteiger partial charge is 0.203 e. The summed E-state index contributed by atoms with van der Waals surface area (Å²) < 4.78 is 368. The van der Waals surface area contributed by atoms with Gasteiger partial charge in [0.1, 0.15) is 16.7 Å². The Labute approximate surface area is 375 Å². The van der Waals surface area contributed by atoms with Gasteiger partial charge in [-0.2, -0.15) is 39.5 Å². The number of rotatable bonds is 4. The molecule has 0 aromatic heterocycles. The molecular formula is C46H11F25. The van der Waals surface area contributed by atoms with Gasteiger partial charge in [0.25, 0.3) is 0 Å². The van der Waals surface area contributed by atoms with Crippen LogP contribution in [0.2, 0.25) is 0 Å². The summed E-state index contributed by atoms with van der Waals surface area (Å²) in [5.41, 5.74) is -24.2. The second-order valence-electron chi connectivity index (χ2n) is 15.2. The highest BCUT2D eigenvalue weighted by Gasteiger charge is 2.45. The first-order valence-corrected chi connectivity index (χ1v) is 18.9. The molecule has 8 rings (SSSR count). The quantitative estimate of drug-likeness (QED) is 0.0936. The van der Waals surface area contributed by atoms with Gasteiger partial charge in [0.15, 0.2) is 93.1 Å². The molecule has 0 N–H and O–H groups in total. The lowest BCUT2D eigenvalue weighted by Crippen LogP contribution is -2.16. The second-order valence-corrected chi connectivity index (χ2v) is 15.2. The molecule has 370 valence electrons. The average Bonchev–Trinajstić information content (AvgIpc) is 3.27. The van der Waals surface area contributed by atoms with Crippen molar-refractivity contribution in [1.82, 2.24) is 0 Å². The molecule has 0 unspecified atom stereocenters. The Hall–Kier alpha value is -7.21. The van der Waals surface area contributed by atoms with Crippen LogP contribution in [0, 0.1) is 100.0 Å². The number of alkyl halides is 9. The van der Waals surface area contributed by atoms with Crippen LogP contribution >= 0.6 is 0 Å². The molecule has 0 spiro atoms. The van der Waals surface area contributed by atoms with E-state index in [2.05, 4.69) is 0 Å². The fraction of sp³-hybridized carbons (Fsp3) is 0.0870. The number of benzene rings is 8. The molecule has 0 saturated heterocycles. The fourth-order valence-electron chi connectivity index (χ4n) is 8.14. The monoisotopic (exact) mass is 1040 g/mol. The summed E-state index contributed by atoms with van der Waals surface area (Å²) in [7, 11) is 0. The molecule has 0 saturated carbocycles. The van der Waals surface area contributed by atoms with E-state index in [1.54, 1.807) is 0 Å². The standard InChI is InChI=1S/C46H11F25/c1-10-28(47)30(49)21(31(50)29(10)48)11-2-4-13-15(6-11)19(23-34(53)40(59)26(45(66,67)68)41(60)35(23)54)8-18-14-5-3-12(22-32(51)38(57)25(44(63,64)65)39(58)33(22)52)7-16(14)20(9-17(13)18)24-36(55)42(61)27(46(69,70)71)43(62)37(24)56/h2-9H,1H3. The lowest BCUT2D eigenvalue weighted by Gasteiger charge is -2.21. The van der Waals surface area contributed by atoms with Crippen molar-refractivity contribution in [2.75, 3.05) is 0 Å². The van der Waals surface area contributed by atoms with Crippen molar-refractivity contribution in [1.29, 1.82) is 0 Å². The molecule has 25 heteroatoms. The fourth-order valence-corrected chi connectivity index (χ4v) is 8.14. The number of halogens is 25. The Morgan fingerprint density at radius 1 is 0.254 bits per heavy atom. The minimum atomic E-state index is -6.22. The lowest BCUT2D eigenvalue weighted by molar-refractivity contribution is -0.144. The molecule has 0 aliphatic carbocycles. The lowest BCUT2D eigenvalue weighted by atomic mass is 9.85. The van der Waals surface area contributed by atoms with Crippen molar-refractivity contribution in [3.05, 3.63) is 164 Å². The molecule has 0 aliphatic rings. The van der Waals surface area contributed by atoms with Crippen LogP contribution < -0.4 is 0 Å². The van der Waals surface area contributed by atoms with E-state index in [9.17, 15) is 57.1 Å². The molecule has 0 fully saturated rings. The Balaban J connectivity index is 1.62.